The van der Waals surface area contributed by atoms with Gasteiger partial charge in [-0.05, 0) is 31.1 Å². The van der Waals surface area contributed by atoms with Gasteiger partial charge >= 0.3 is 6.03 Å². The van der Waals surface area contributed by atoms with Crippen LogP contribution < -0.4 is 10.6 Å². The van der Waals surface area contributed by atoms with Crippen molar-refractivity contribution >= 4 is 6.03 Å². The summed E-state index contributed by atoms with van der Waals surface area (Å²) in [6, 6.07) is 0.395. The molecule has 4 rings (SSSR count). The third kappa shape index (κ3) is 4.15. The summed E-state index contributed by atoms with van der Waals surface area (Å²) in [5.41, 5.74) is 0. The van der Waals surface area contributed by atoms with Gasteiger partial charge in [0.2, 0.25) is 0 Å². The molecule has 0 spiro atoms. The number of amides is 2. The molecule has 3 aliphatic rings. The second kappa shape index (κ2) is 7.75. The molecule has 25 heavy (non-hydrogen) atoms. The first-order chi connectivity index (χ1) is 12.3. The SMILES string of the molecule is O=C(NCCc1nnc2n1CCCCC2)N[C@H]1C[C@@H]1C1CCCCC1. The van der Waals surface area contributed by atoms with Gasteiger partial charge in [-0.25, -0.2) is 4.79 Å². The first kappa shape index (κ1) is 16.9. The van der Waals surface area contributed by atoms with Crippen molar-refractivity contribution in [3.8, 4) is 0 Å². The van der Waals surface area contributed by atoms with Crippen molar-refractivity contribution in [1.29, 1.82) is 0 Å². The van der Waals surface area contributed by atoms with Crippen LogP contribution in [-0.2, 0) is 19.4 Å². The molecule has 2 fully saturated rings. The Morgan fingerprint density at radius 1 is 1.08 bits per heavy atom. The van der Waals surface area contributed by atoms with Crippen molar-refractivity contribution in [3.05, 3.63) is 11.6 Å². The molecule has 6 heteroatoms. The highest BCUT2D eigenvalue weighted by Crippen LogP contribution is 2.44. The monoisotopic (exact) mass is 345 g/mol. The number of carbonyl (C=O) groups excluding carboxylic acids is 1. The van der Waals surface area contributed by atoms with Crippen molar-refractivity contribution in [2.75, 3.05) is 6.54 Å². The number of hydrogen-bond acceptors (Lipinski definition) is 3. The highest BCUT2D eigenvalue weighted by atomic mass is 16.2. The predicted octanol–water partition coefficient (Wildman–Crippen LogP) is 2.82. The van der Waals surface area contributed by atoms with Gasteiger partial charge in [-0.3, -0.25) is 0 Å². The summed E-state index contributed by atoms with van der Waals surface area (Å²) in [5, 5.41) is 14.8. The smallest absolute Gasteiger partial charge is 0.315 e. The maximum atomic E-state index is 12.1. The van der Waals surface area contributed by atoms with Crippen molar-refractivity contribution in [1.82, 2.24) is 25.4 Å². The molecule has 2 N–H and O–H groups in total. The molecule has 138 valence electrons. The van der Waals surface area contributed by atoms with E-state index in [0.717, 1.165) is 42.9 Å². The highest BCUT2D eigenvalue weighted by Gasteiger charge is 2.43. The van der Waals surface area contributed by atoms with Crippen LogP contribution in [0.25, 0.3) is 0 Å². The van der Waals surface area contributed by atoms with Gasteiger partial charge in [0, 0.05) is 32.0 Å². The van der Waals surface area contributed by atoms with E-state index in [9.17, 15) is 4.79 Å². The molecule has 2 saturated carbocycles. The van der Waals surface area contributed by atoms with Gasteiger partial charge in [-0.2, -0.15) is 0 Å². The van der Waals surface area contributed by atoms with Gasteiger partial charge in [0.05, 0.1) is 0 Å². The van der Waals surface area contributed by atoms with E-state index >= 15 is 0 Å². The topological polar surface area (TPSA) is 71.8 Å². The molecule has 1 aromatic heterocycles. The molecule has 0 saturated heterocycles. The second-order valence-corrected chi connectivity index (χ2v) is 8.05. The van der Waals surface area contributed by atoms with Crippen LogP contribution in [0.1, 0.15) is 69.4 Å². The van der Waals surface area contributed by atoms with Crippen molar-refractivity contribution in [2.45, 2.75) is 83.2 Å². The Balaban J connectivity index is 1.18. The lowest BCUT2D eigenvalue weighted by Gasteiger charge is -2.21. The number of rotatable bonds is 5. The molecule has 2 atom stereocenters. The van der Waals surface area contributed by atoms with E-state index in [1.54, 1.807) is 0 Å². The minimum atomic E-state index is -0.0149. The van der Waals surface area contributed by atoms with E-state index in [-0.39, 0.29) is 6.03 Å². The van der Waals surface area contributed by atoms with E-state index in [1.807, 2.05) is 0 Å². The molecule has 2 aliphatic carbocycles. The van der Waals surface area contributed by atoms with Gasteiger partial charge in [-0.1, -0.05) is 38.5 Å². The average Bonchev–Trinajstić information content (AvgIpc) is 3.35. The maximum absolute atomic E-state index is 12.1. The highest BCUT2D eigenvalue weighted by molar-refractivity contribution is 5.74. The van der Waals surface area contributed by atoms with E-state index in [1.165, 1.54) is 57.8 Å². The van der Waals surface area contributed by atoms with Crippen LogP contribution in [-0.4, -0.2) is 33.4 Å². The van der Waals surface area contributed by atoms with Gasteiger partial charge in [0.15, 0.2) is 0 Å². The Morgan fingerprint density at radius 2 is 1.92 bits per heavy atom. The fraction of sp³-hybridized carbons (Fsp3) is 0.842. The standard InChI is InChI=1S/C19H31N5O/c25-19(21-16-13-15(16)14-7-3-1-4-8-14)20-11-10-18-23-22-17-9-5-2-6-12-24(17)18/h14-16H,1-13H2,(H2,20,21,25)/t15-,16+/m1/s1. The molecule has 1 aliphatic heterocycles. The van der Waals surface area contributed by atoms with Crippen LogP contribution in [0.2, 0.25) is 0 Å². The lowest BCUT2D eigenvalue weighted by atomic mass is 9.85. The third-order valence-electron chi connectivity index (χ3n) is 6.23. The zero-order valence-corrected chi connectivity index (χ0v) is 15.2. The Bertz CT molecular complexity index is 593. The fourth-order valence-corrected chi connectivity index (χ4v) is 4.70. The number of aromatic nitrogens is 3. The average molecular weight is 345 g/mol. The number of fused-ring (bicyclic) bond motifs is 1. The second-order valence-electron chi connectivity index (χ2n) is 8.05. The van der Waals surface area contributed by atoms with Crippen molar-refractivity contribution in [2.24, 2.45) is 11.8 Å². The lowest BCUT2D eigenvalue weighted by molar-refractivity contribution is 0.238. The fourth-order valence-electron chi connectivity index (χ4n) is 4.70. The number of hydrogen-bond donors (Lipinski definition) is 2. The first-order valence-electron chi connectivity index (χ1n) is 10.3. The van der Waals surface area contributed by atoms with Gasteiger partial charge < -0.3 is 15.2 Å². The third-order valence-corrected chi connectivity index (χ3v) is 6.23. The van der Waals surface area contributed by atoms with Crippen LogP contribution in [0.15, 0.2) is 0 Å². The Labute approximate surface area is 150 Å². The summed E-state index contributed by atoms with van der Waals surface area (Å²) in [6.07, 6.45) is 13.5. The zero-order valence-electron chi connectivity index (χ0n) is 15.2. The molecule has 0 bridgehead atoms. The molecule has 6 nitrogen and oxygen atoms in total. The molecule has 0 radical (unpaired) electrons. The summed E-state index contributed by atoms with van der Waals surface area (Å²) in [6.45, 7) is 1.65. The summed E-state index contributed by atoms with van der Waals surface area (Å²) in [4.78, 5) is 12.1. The van der Waals surface area contributed by atoms with Gasteiger partial charge in [0.1, 0.15) is 11.6 Å². The molecule has 2 amide bonds. The van der Waals surface area contributed by atoms with E-state index in [4.69, 9.17) is 0 Å². The van der Waals surface area contributed by atoms with Crippen LogP contribution in [0.3, 0.4) is 0 Å². The van der Waals surface area contributed by atoms with E-state index < -0.39 is 0 Å². The Morgan fingerprint density at radius 3 is 2.80 bits per heavy atom. The molecular formula is C19H31N5O. The van der Waals surface area contributed by atoms with Crippen LogP contribution in [0.5, 0.6) is 0 Å². The largest absolute Gasteiger partial charge is 0.338 e. The molecule has 0 aromatic carbocycles. The summed E-state index contributed by atoms with van der Waals surface area (Å²) >= 11 is 0. The summed E-state index contributed by atoms with van der Waals surface area (Å²) in [5.74, 6) is 3.72. The van der Waals surface area contributed by atoms with Gasteiger partial charge in [0.25, 0.3) is 0 Å². The van der Waals surface area contributed by atoms with Crippen LogP contribution >= 0.6 is 0 Å². The van der Waals surface area contributed by atoms with Crippen molar-refractivity contribution < 1.29 is 4.79 Å². The van der Waals surface area contributed by atoms with Gasteiger partial charge in [-0.15, -0.1) is 10.2 Å². The molecular weight excluding hydrogens is 314 g/mol. The Kier molecular flexibility index (Phi) is 5.22. The Hall–Kier alpha value is -1.59. The molecule has 0 unspecified atom stereocenters. The normalized spacial score (nSPS) is 26.6. The molecule has 1 aromatic rings. The van der Waals surface area contributed by atoms with E-state index in [2.05, 4.69) is 25.4 Å². The number of urea groups is 1. The quantitative estimate of drug-likeness (QED) is 0.862. The maximum Gasteiger partial charge on any atom is 0.315 e. The number of carbonyl (C=O) groups is 1. The number of aryl methyl sites for hydroxylation is 1. The minimum absolute atomic E-state index is 0.0149. The van der Waals surface area contributed by atoms with E-state index in [0.29, 0.717) is 12.6 Å². The van der Waals surface area contributed by atoms with Crippen LogP contribution in [0, 0.1) is 11.8 Å². The number of nitrogens with zero attached hydrogens (tertiary/aromatic N) is 3. The van der Waals surface area contributed by atoms with Crippen LogP contribution in [0.4, 0.5) is 4.79 Å². The molecule has 2 heterocycles. The van der Waals surface area contributed by atoms with Crippen molar-refractivity contribution in [3.63, 3.8) is 0 Å². The zero-order chi connectivity index (χ0) is 17.1. The minimum Gasteiger partial charge on any atom is -0.338 e. The summed E-state index contributed by atoms with van der Waals surface area (Å²) in [7, 11) is 0. The first-order valence-corrected chi connectivity index (χ1v) is 10.3. The number of nitrogens with one attached hydrogen (secondary N) is 2. The summed E-state index contributed by atoms with van der Waals surface area (Å²) < 4.78 is 2.26. The lowest BCUT2D eigenvalue weighted by Crippen LogP contribution is -2.39. The predicted molar refractivity (Wildman–Crippen MR) is 96.3 cm³/mol.